The van der Waals surface area contributed by atoms with Gasteiger partial charge >= 0.3 is 0 Å². The van der Waals surface area contributed by atoms with Gasteiger partial charge in [0.1, 0.15) is 5.82 Å². The number of amides is 2. The summed E-state index contributed by atoms with van der Waals surface area (Å²) in [4.78, 5) is 28.3. The maximum atomic E-state index is 13.0. The number of aromatic nitrogens is 1. The van der Waals surface area contributed by atoms with Gasteiger partial charge in [-0.15, -0.1) is 11.3 Å². The summed E-state index contributed by atoms with van der Waals surface area (Å²) in [5.41, 5.74) is 1.98. The van der Waals surface area contributed by atoms with Crippen LogP contribution in [0.5, 0.6) is 0 Å². The van der Waals surface area contributed by atoms with Crippen LogP contribution in [0, 0.1) is 5.82 Å². The Kier molecular flexibility index (Phi) is 6.73. The third-order valence-electron chi connectivity index (χ3n) is 3.86. The second-order valence-electron chi connectivity index (χ2n) is 5.96. The van der Waals surface area contributed by atoms with Gasteiger partial charge in [0, 0.05) is 34.5 Å². The minimum Gasteiger partial charge on any atom is -0.352 e. The van der Waals surface area contributed by atoms with Crippen LogP contribution in [0.3, 0.4) is 0 Å². The van der Waals surface area contributed by atoms with E-state index in [1.165, 1.54) is 23.5 Å². The molecule has 0 aliphatic carbocycles. The first-order valence-corrected chi connectivity index (χ1v) is 9.82. The molecule has 0 saturated heterocycles. The van der Waals surface area contributed by atoms with Crippen molar-refractivity contribution in [1.29, 1.82) is 0 Å². The van der Waals surface area contributed by atoms with Gasteiger partial charge in [-0.05, 0) is 55.0 Å². The minimum atomic E-state index is -0.310. The van der Waals surface area contributed by atoms with Gasteiger partial charge in [-0.25, -0.2) is 9.37 Å². The van der Waals surface area contributed by atoms with Crippen LogP contribution in [0.4, 0.5) is 9.52 Å². The second-order valence-corrected chi connectivity index (χ2v) is 7.25. The number of thiazole rings is 1. The van der Waals surface area contributed by atoms with Crippen molar-refractivity contribution in [3.8, 4) is 11.3 Å². The summed E-state index contributed by atoms with van der Waals surface area (Å²) in [6, 6.07) is 12.6. The van der Waals surface area contributed by atoms with Gasteiger partial charge in [-0.3, -0.25) is 9.59 Å². The van der Waals surface area contributed by atoms with Crippen molar-refractivity contribution in [2.75, 3.05) is 11.9 Å². The third-order valence-corrected chi connectivity index (χ3v) is 4.87. The van der Waals surface area contributed by atoms with Crippen LogP contribution >= 0.6 is 22.9 Å². The molecule has 0 fully saturated rings. The molecule has 144 valence electrons. The van der Waals surface area contributed by atoms with Crippen LogP contribution in [0.2, 0.25) is 5.02 Å². The number of rotatable bonds is 7. The number of nitrogens with one attached hydrogen (secondary N) is 2. The molecule has 1 aromatic heterocycles. The molecular formula is C20H17ClFN3O2S. The smallest absolute Gasteiger partial charge is 0.251 e. The fourth-order valence-corrected chi connectivity index (χ4v) is 3.28. The van der Waals surface area contributed by atoms with Crippen LogP contribution in [-0.2, 0) is 4.79 Å². The standard InChI is InChI=1S/C20H17ClFN3O2S/c21-15-7-3-14(4-8-15)19(27)23-11-1-2-18(26)25-20-24-17(12-28-20)13-5-9-16(22)10-6-13/h3-10,12H,1-2,11H2,(H,23,27)(H,24,25,26). The van der Waals surface area contributed by atoms with E-state index in [9.17, 15) is 14.0 Å². The molecule has 1 heterocycles. The Morgan fingerprint density at radius 2 is 1.79 bits per heavy atom. The van der Waals surface area contributed by atoms with Crippen LogP contribution < -0.4 is 10.6 Å². The van der Waals surface area contributed by atoms with Crippen LogP contribution in [0.25, 0.3) is 11.3 Å². The molecule has 2 amide bonds. The average Bonchev–Trinajstić information content (AvgIpc) is 3.14. The molecule has 0 bridgehead atoms. The van der Waals surface area contributed by atoms with Crippen molar-refractivity contribution in [3.05, 3.63) is 70.3 Å². The van der Waals surface area contributed by atoms with E-state index in [-0.39, 0.29) is 24.1 Å². The number of benzene rings is 2. The van der Waals surface area contributed by atoms with Gasteiger partial charge in [0.2, 0.25) is 5.91 Å². The fraction of sp³-hybridized carbons (Fsp3) is 0.150. The van der Waals surface area contributed by atoms with Crippen molar-refractivity contribution >= 4 is 39.9 Å². The number of hydrogen-bond donors (Lipinski definition) is 2. The van der Waals surface area contributed by atoms with E-state index in [2.05, 4.69) is 15.6 Å². The predicted octanol–water partition coefficient (Wildman–Crippen LogP) is 4.75. The predicted molar refractivity (Wildman–Crippen MR) is 109 cm³/mol. The summed E-state index contributed by atoms with van der Waals surface area (Å²) >= 11 is 7.09. The number of hydrogen-bond acceptors (Lipinski definition) is 4. The molecular weight excluding hydrogens is 401 g/mol. The molecule has 5 nitrogen and oxygen atoms in total. The van der Waals surface area contributed by atoms with Crippen molar-refractivity contribution < 1.29 is 14.0 Å². The molecule has 28 heavy (non-hydrogen) atoms. The van der Waals surface area contributed by atoms with Gasteiger partial charge in [0.05, 0.1) is 5.69 Å². The highest BCUT2D eigenvalue weighted by Crippen LogP contribution is 2.25. The van der Waals surface area contributed by atoms with Gasteiger partial charge in [0.25, 0.3) is 5.91 Å². The topological polar surface area (TPSA) is 71.1 Å². The number of nitrogens with zero attached hydrogens (tertiary/aromatic N) is 1. The first-order chi connectivity index (χ1) is 13.5. The lowest BCUT2D eigenvalue weighted by Crippen LogP contribution is -2.25. The van der Waals surface area contributed by atoms with Crippen LogP contribution in [0.1, 0.15) is 23.2 Å². The lowest BCUT2D eigenvalue weighted by atomic mass is 10.2. The zero-order valence-corrected chi connectivity index (χ0v) is 16.3. The molecule has 0 radical (unpaired) electrons. The Hall–Kier alpha value is -2.77. The van der Waals surface area contributed by atoms with Crippen molar-refractivity contribution in [1.82, 2.24) is 10.3 Å². The molecule has 0 saturated carbocycles. The normalized spacial score (nSPS) is 10.5. The summed E-state index contributed by atoms with van der Waals surface area (Å²) in [6.45, 7) is 0.383. The maximum absolute atomic E-state index is 13.0. The number of anilines is 1. The van der Waals surface area contributed by atoms with E-state index in [4.69, 9.17) is 11.6 Å². The molecule has 0 aliphatic rings. The number of halogens is 2. The minimum absolute atomic E-state index is 0.180. The van der Waals surface area contributed by atoms with E-state index in [0.717, 1.165) is 5.56 Å². The SMILES string of the molecule is O=C(CCCNC(=O)c1ccc(Cl)cc1)Nc1nc(-c2ccc(F)cc2)cs1. The zero-order chi connectivity index (χ0) is 19.9. The van der Waals surface area contributed by atoms with E-state index >= 15 is 0 Å². The summed E-state index contributed by atoms with van der Waals surface area (Å²) in [7, 11) is 0. The molecule has 0 unspecified atom stereocenters. The average molecular weight is 418 g/mol. The summed E-state index contributed by atoms with van der Waals surface area (Å²) in [5, 5.41) is 8.35. The summed E-state index contributed by atoms with van der Waals surface area (Å²) < 4.78 is 13.0. The van der Waals surface area contributed by atoms with E-state index in [0.29, 0.717) is 34.4 Å². The van der Waals surface area contributed by atoms with Crippen molar-refractivity contribution in [2.24, 2.45) is 0 Å². The van der Waals surface area contributed by atoms with E-state index in [1.807, 2.05) is 0 Å². The maximum Gasteiger partial charge on any atom is 0.251 e. The largest absolute Gasteiger partial charge is 0.352 e. The number of carbonyl (C=O) groups is 2. The van der Waals surface area contributed by atoms with Crippen LogP contribution in [0.15, 0.2) is 53.9 Å². The van der Waals surface area contributed by atoms with E-state index < -0.39 is 0 Å². The first kappa shape index (κ1) is 20.0. The molecule has 0 atom stereocenters. The Morgan fingerprint density at radius 3 is 2.50 bits per heavy atom. The van der Waals surface area contributed by atoms with Crippen molar-refractivity contribution in [2.45, 2.75) is 12.8 Å². The Bertz CT molecular complexity index is 958. The lowest BCUT2D eigenvalue weighted by Gasteiger charge is -2.05. The highest BCUT2D eigenvalue weighted by Gasteiger charge is 2.09. The quantitative estimate of drug-likeness (QED) is 0.545. The zero-order valence-electron chi connectivity index (χ0n) is 14.7. The fourth-order valence-electron chi connectivity index (χ4n) is 2.42. The van der Waals surface area contributed by atoms with Gasteiger partial charge < -0.3 is 10.6 Å². The van der Waals surface area contributed by atoms with E-state index in [1.54, 1.807) is 41.8 Å². The van der Waals surface area contributed by atoms with Gasteiger partial charge in [-0.1, -0.05) is 11.6 Å². The molecule has 8 heteroatoms. The van der Waals surface area contributed by atoms with Crippen molar-refractivity contribution in [3.63, 3.8) is 0 Å². The highest BCUT2D eigenvalue weighted by atomic mass is 35.5. The lowest BCUT2D eigenvalue weighted by molar-refractivity contribution is -0.116. The molecule has 0 aliphatic heterocycles. The third kappa shape index (κ3) is 5.61. The second kappa shape index (κ2) is 9.43. The highest BCUT2D eigenvalue weighted by molar-refractivity contribution is 7.14. The molecule has 0 spiro atoms. The Labute approximate surface area is 170 Å². The summed E-state index contributed by atoms with van der Waals surface area (Å²) in [5.74, 6) is -0.697. The summed E-state index contributed by atoms with van der Waals surface area (Å²) in [6.07, 6.45) is 0.758. The van der Waals surface area contributed by atoms with Gasteiger partial charge in [0.15, 0.2) is 5.13 Å². The van der Waals surface area contributed by atoms with Crippen LogP contribution in [-0.4, -0.2) is 23.3 Å². The molecule has 2 aromatic carbocycles. The van der Waals surface area contributed by atoms with Gasteiger partial charge in [-0.2, -0.15) is 0 Å². The monoisotopic (exact) mass is 417 g/mol. The Balaban J connectivity index is 1.41. The first-order valence-electron chi connectivity index (χ1n) is 8.56. The Morgan fingerprint density at radius 1 is 1.07 bits per heavy atom. The molecule has 2 N–H and O–H groups in total. The number of carbonyl (C=O) groups excluding carboxylic acids is 2. The molecule has 3 rings (SSSR count). The molecule has 3 aromatic rings.